The van der Waals surface area contributed by atoms with E-state index in [9.17, 15) is 15.3 Å². The second kappa shape index (κ2) is 15.6. The lowest BCUT2D eigenvalue weighted by molar-refractivity contribution is 0.120. The SMILES string of the molecule is C=CCC1[C@@H](/C=C/[C@@H](O)CCCCC)[C@H](O)C[C@@H]1O.CCCCOC. The third-order valence-corrected chi connectivity index (χ3v) is 4.72. The standard InChI is InChI=1S/C16H28O3.C5H12O/c1-3-5-6-8-12(17)9-10-14-13(7-4-2)15(18)11-16(14)19;1-3-4-5-6-2/h4,9-10,12-19H,2-3,5-8,11H2,1H3;3-5H2,1-2H3/b10-9+;/t12-,13?,14+,15-,16+;/m0./s1. The third kappa shape index (κ3) is 10.8. The molecule has 5 atom stereocenters. The predicted molar refractivity (Wildman–Crippen MR) is 104 cm³/mol. The number of hydrogen-bond donors (Lipinski definition) is 3. The van der Waals surface area contributed by atoms with Crippen LogP contribution in [0.4, 0.5) is 0 Å². The second-order valence-corrected chi connectivity index (χ2v) is 6.93. The van der Waals surface area contributed by atoms with Crippen LogP contribution in [0.5, 0.6) is 0 Å². The van der Waals surface area contributed by atoms with E-state index in [-0.39, 0.29) is 11.8 Å². The number of hydrogen-bond acceptors (Lipinski definition) is 4. The van der Waals surface area contributed by atoms with E-state index in [0.29, 0.717) is 12.8 Å². The quantitative estimate of drug-likeness (QED) is 0.388. The van der Waals surface area contributed by atoms with Crippen molar-refractivity contribution in [2.45, 2.75) is 83.5 Å². The maximum absolute atomic E-state index is 9.96. The highest BCUT2D eigenvalue weighted by Crippen LogP contribution is 2.36. The molecule has 1 aliphatic rings. The van der Waals surface area contributed by atoms with Crippen molar-refractivity contribution >= 4 is 0 Å². The summed E-state index contributed by atoms with van der Waals surface area (Å²) in [5.74, 6) is -0.0552. The minimum Gasteiger partial charge on any atom is -0.393 e. The van der Waals surface area contributed by atoms with Gasteiger partial charge in [0.05, 0.1) is 18.3 Å². The Morgan fingerprint density at radius 2 is 1.80 bits per heavy atom. The average molecular weight is 357 g/mol. The van der Waals surface area contributed by atoms with E-state index in [1.54, 1.807) is 19.3 Å². The fourth-order valence-electron chi connectivity index (χ4n) is 3.14. The Morgan fingerprint density at radius 3 is 2.32 bits per heavy atom. The Bertz CT molecular complexity index is 339. The summed E-state index contributed by atoms with van der Waals surface area (Å²) >= 11 is 0. The Kier molecular flexibility index (Phi) is 15.1. The van der Waals surface area contributed by atoms with Crippen molar-refractivity contribution in [1.29, 1.82) is 0 Å². The fraction of sp³-hybridized carbons (Fsp3) is 0.810. The van der Waals surface area contributed by atoms with Crippen molar-refractivity contribution in [3.8, 4) is 0 Å². The van der Waals surface area contributed by atoms with Crippen LogP contribution in [0.15, 0.2) is 24.8 Å². The Balaban J connectivity index is 0.000000823. The van der Waals surface area contributed by atoms with Gasteiger partial charge < -0.3 is 20.1 Å². The molecular formula is C21H40O4. The van der Waals surface area contributed by atoms with Gasteiger partial charge in [-0.1, -0.05) is 57.8 Å². The number of aliphatic hydroxyl groups excluding tert-OH is 3. The van der Waals surface area contributed by atoms with Gasteiger partial charge >= 0.3 is 0 Å². The highest BCUT2D eigenvalue weighted by Gasteiger charge is 2.39. The summed E-state index contributed by atoms with van der Waals surface area (Å²) in [6.45, 7) is 8.90. The van der Waals surface area contributed by atoms with Crippen LogP contribution in [0.3, 0.4) is 0 Å². The van der Waals surface area contributed by atoms with Crippen molar-refractivity contribution in [3.05, 3.63) is 24.8 Å². The minimum absolute atomic E-state index is 0.0200. The normalized spacial score (nSPS) is 27.1. The highest BCUT2D eigenvalue weighted by molar-refractivity contribution is 5.05. The molecule has 0 amide bonds. The Hall–Kier alpha value is -0.680. The van der Waals surface area contributed by atoms with Crippen molar-refractivity contribution in [2.24, 2.45) is 11.8 Å². The van der Waals surface area contributed by atoms with E-state index >= 15 is 0 Å². The predicted octanol–water partition coefficient (Wildman–Crippen LogP) is 3.85. The topological polar surface area (TPSA) is 69.9 Å². The van der Waals surface area contributed by atoms with Gasteiger partial charge in [-0.3, -0.25) is 0 Å². The van der Waals surface area contributed by atoms with Gasteiger partial charge in [0, 0.05) is 26.1 Å². The zero-order valence-corrected chi connectivity index (χ0v) is 16.4. The van der Waals surface area contributed by atoms with Gasteiger partial charge in [0.1, 0.15) is 0 Å². The minimum atomic E-state index is -0.515. The summed E-state index contributed by atoms with van der Waals surface area (Å²) < 4.78 is 4.78. The van der Waals surface area contributed by atoms with Crippen molar-refractivity contribution in [1.82, 2.24) is 0 Å². The van der Waals surface area contributed by atoms with Crippen LogP contribution >= 0.6 is 0 Å². The number of rotatable bonds is 11. The molecule has 25 heavy (non-hydrogen) atoms. The fourth-order valence-corrected chi connectivity index (χ4v) is 3.14. The molecule has 0 heterocycles. The molecule has 0 saturated heterocycles. The molecule has 1 rings (SSSR count). The third-order valence-electron chi connectivity index (χ3n) is 4.72. The summed E-state index contributed by atoms with van der Waals surface area (Å²) in [6, 6.07) is 0. The van der Waals surface area contributed by atoms with E-state index < -0.39 is 18.3 Å². The summed E-state index contributed by atoms with van der Waals surface area (Å²) in [7, 11) is 1.73. The smallest absolute Gasteiger partial charge is 0.0721 e. The van der Waals surface area contributed by atoms with Gasteiger partial charge in [-0.2, -0.15) is 0 Å². The van der Waals surface area contributed by atoms with E-state index in [4.69, 9.17) is 4.74 Å². The van der Waals surface area contributed by atoms with Crippen molar-refractivity contribution < 1.29 is 20.1 Å². The molecule has 148 valence electrons. The van der Waals surface area contributed by atoms with Crippen molar-refractivity contribution in [2.75, 3.05) is 13.7 Å². The number of aliphatic hydroxyl groups is 3. The second-order valence-electron chi connectivity index (χ2n) is 6.93. The first kappa shape index (κ1) is 24.3. The molecule has 4 nitrogen and oxygen atoms in total. The number of unbranched alkanes of at least 4 members (excludes halogenated alkanes) is 3. The summed E-state index contributed by atoms with van der Waals surface area (Å²) in [4.78, 5) is 0. The van der Waals surface area contributed by atoms with Gasteiger partial charge in [0.2, 0.25) is 0 Å². The molecule has 3 N–H and O–H groups in total. The molecule has 1 saturated carbocycles. The zero-order valence-electron chi connectivity index (χ0n) is 16.4. The van der Waals surface area contributed by atoms with E-state index in [2.05, 4.69) is 20.4 Å². The summed E-state index contributed by atoms with van der Waals surface area (Å²) in [6.07, 6.45) is 11.6. The zero-order chi connectivity index (χ0) is 19.1. The lowest BCUT2D eigenvalue weighted by Crippen LogP contribution is -2.20. The molecule has 0 spiro atoms. The largest absolute Gasteiger partial charge is 0.393 e. The molecule has 0 aromatic carbocycles. The first-order valence-corrected chi connectivity index (χ1v) is 9.84. The monoisotopic (exact) mass is 356 g/mol. The lowest BCUT2D eigenvalue weighted by atomic mass is 9.90. The number of methoxy groups -OCH3 is 1. The molecule has 0 aliphatic heterocycles. The van der Waals surface area contributed by atoms with Gasteiger partial charge in [0.15, 0.2) is 0 Å². The molecule has 0 bridgehead atoms. The molecule has 0 aromatic heterocycles. The first-order chi connectivity index (χ1) is 12.0. The summed E-state index contributed by atoms with van der Waals surface area (Å²) in [5, 5.41) is 29.7. The summed E-state index contributed by atoms with van der Waals surface area (Å²) in [5.41, 5.74) is 0. The first-order valence-electron chi connectivity index (χ1n) is 9.84. The van der Waals surface area contributed by atoms with Gasteiger partial charge in [-0.25, -0.2) is 0 Å². The maximum atomic E-state index is 9.96. The van der Waals surface area contributed by atoms with E-state index in [1.165, 1.54) is 12.8 Å². The van der Waals surface area contributed by atoms with Gasteiger partial charge in [-0.15, -0.1) is 6.58 Å². The van der Waals surface area contributed by atoms with Crippen LogP contribution < -0.4 is 0 Å². The van der Waals surface area contributed by atoms with E-state index in [1.807, 2.05) is 6.08 Å². The van der Waals surface area contributed by atoms with E-state index in [0.717, 1.165) is 32.3 Å². The molecule has 4 heteroatoms. The lowest BCUT2D eigenvalue weighted by Gasteiger charge is -2.19. The molecule has 0 aromatic rings. The van der Waals surface area contributed by atoms with Gasteiger partial charge in [-0.05, 0) is 25.2 Å². The average Bonchev–Trinajstić information content (AvgIpc) is 2.85. The molecule has 1 aliphatic carbocycles. The van der Waals surface area contributed by atoms with Crippen LogP contribution in [-0.4, -0.2) is 47.3 Å². The van der Waals surface area contributed by atoms with Crippen LogP contribution in [-0.2, 0) is 4.74 Å². The molecule has 1 fully saturated rings. The molecular weight excluding hydrogens is 316 g/mol. The molecule has 1 unspecified atom stereocenters. The number of ether oxygens (including phenoxy) is 1. The molecule has 0 radical (unpaired) electrons. The Labute approximate surface area is 154 Å². The van der Waals surface area contributed by atoms with Gasteiger partial charge in [0.25, 0.3) is 0 Å². The van der Waals surface area contributed by atoms with Crippen LogP contribution in [0.25, 0.3) is 0 Å². The Morgan fingerprint density at radius 1 is 1.12 bits per heavy atom. The highest BCUT2D eigenvalue weighted by atomic mass is 16.5. The van der Waals surface area contributed by atoms with Crippen LogP contribution in [0.1, 0.15) is 65.2 Å². The van der Waals surface area contributed by atoms with Crippen LogP contribution in [0, 0.1) is 11.8 Å². The van der Waals surface area contributed by atoms with Crippen molar-refractivity contribution in [3.63, 3.8) is 0 Å². The number of allylic oxidation sites excluding steroid dienone is 1. The van der Waals surface area contributed by atoms with Crippen LogP contribution in [0.2, 0.25) is 0 Å². The maximum Gasteiger partial charge on any atom is 0.0721 e.